The average Bonchev–Trinajstić information content (AvgIpc) is 0.740. The molecule has 488 valence electrons. The predicted molar refractivity (Wildman–Crippen MR) is 417 cm³/mol. The predicted octanol–water partition coefficient (Wildman–Crippen LogP) is 27.3. The van der Waals surface area contributed by atoms with Gasteiger partial charge in [-0.3, -0.25) is 0 Å². The molecule has 8 aliphatic rings. The van der Waals surface area contributed by atoms with E-state index in [1.165, 1.54) is 156 Å². The topological polar surface area (TPSA) is 0 Å². The Balaban J connectivity index is 0.000000112. The second-order valence-corrected chi connectivity index (χ2v) is 30.3. The van der Waals surface area contributed by atoms with Gasteiger partial charge in [-0.15, -0.1) is 0 Å². The maximum absolute atomic E-state index is 2.47. The fourth-order valence-corrected chi connectivity index (χ4v) is 19.3. The molecule has 1 heteroatoms. The lowest BCUT2D eigenvalue weighted by molar-refractivity contribution is -0.00525. The molecule has 12 aromatic carbocycles. The number of rotatable bonds is 9. The first-order valence-electron chi connectivity index (χ1n) is 36.4. The Bertz CT molecular complexity index is 4330. The maximum Gasteiger partial charge on any atom is 0.0201 e. The van der Waals surface area contributed by atoms with Gasteiger partial charge in [-0.2, -0.15) is 0 Å². The minimum absolute atomic E-state index is 0.482. The lowest BCUT2D eigenvalue weighted by Crippen LogP contribution is -2.48. The molecule has 0 N–H and O–H groups in total. The minimum Gasteiger partial charge on any atom is -0.0895 e. The summed E-state index contributed by atoms with van der Waals surface area (Å²) in [6.07, 6.45) is 18.0. The van der Waals surface area contributed by atoms with Gasteiger partial charge in [0.15, 0.2) is 0 Å². The van der Waals surface area contributed by atoms with Crippen LogP contribution in [0.4, 0.5) is 0 Å². The highest BCUT2D eigenvalue weighted by Crippen LogP contribution is 2.63. The highest BCUT2D eigenvalue weighted by atomic mass is 32.2. The second kappa shape index (κ2) is 31.2. The fraction of sp³-hybridized carbons (Fsp3) is 0.271. The van der Waals surface area contributed by atoms with Crippen LogP contribution in [0.2, 0.25) is 0 Å². The highest BCUT2D eigenvalue weighted by Gasteiger charge is 2.53. The fourth-order valence-electron chi connectivity index (χ4n) is 18.3. The number of aryl methyl sites for hydroxylation is 4. The number of hydrogen-bond acceptors (Lipinski definition) is 1. The Morgan fingerprint density at radius 1 is 0.268 bits per heavy atom. The first-order valence-corrected chi connectivity index (χ1v) is 37.3. The SMILES string of the molecule is CC.Cc1ccc(-c2cc(-c3ccccc3)cc(-c3ccccc3)c2)cc1.Cc1ccc(-c2ccccc2C23CC4CC(CC(C4)C2)C3)cc1.Cc1cccc(C23CC4CC(CC(C4)C2)C3)c1.Cc1ccccc1.c1ccc(Sc2ccccc2-c2cccc3ccccc23)cc1. The van der Waals surface area contributed by atoms with Gasteiger partial charge >= 0.3 is 0 Å². The molecule has 0 unspecified atom stereocenters. The summed E-state index contributed by atoms with van der Waals surface area (Å²) in [6.45, 7) is 12.6. The molecular formula is C96H98S. The maximum atomic E-state index is 2.47. The van der Waals surface area contributed by atoms with Gasteiger partial charge in [0, 0.05) is 9.79 Å². The summed E-state index contributed by atoms with van der Waals surface area (Å²) in [7, 11) is 0. The van der Waals surface area contributed by atoms with Gasteiger partial charge in [0.2, 0.25) is 0 Å². The zero-order chi connectivity index (χ0) is 66.6. The van der Waals surface area contributed by atoms with Crippen LogP contribution in [0.1, 0.15) is 124 Å². The van der Waals surface area contributed by atoms with E-state index in [-0.39, 0.29) is 0 Å². The summed E-state index contributed by atoms with van der Waals surface area (Å²) >= 11 is 1.82. The molecule has 0 spiro atoms. The van der Waals surface area contributed by atoms with E-state index in [2.05, 4.69) is 313 Å². The molecular weight excluding hydrogens is 1190 g/mol. The summed E-state index contributed by atoms with van der Waals surface area (Å²) in [6, 6.07) is 109. The van der Waals surface area contributed by atoms with Crippen molar-refractivity contribution in [2.75, 3.05) is 0 Å². The molecule has 8 bridgehead atoms. The molecule has 0 aliphatic heterocycles. The van der Waals surface area contributed by atoms with E-state index in [0.717, 1.165) is 35.5 Å². The monoisotopic (exact) mass is 1280 g/mol. The van der Waals surface area contributed by atoms with Crippen molar-refractivity contribution in [3.05, 3.63) is 337 Å². The van der Waals surface area contributed by atoms with Crippen molar-refractivity contribution in [1.29, 1.82) is 0 Å². The molecule has 0 amide bonds. The van der Waals surface area contributed by atoms with Crippen LogP contribution in [-0.2, 0) is 10.8 Å². The molecule has 20 rings (SSSR count). The first kappa shape index (κ1) is 66.8. The third-order valence-corrected chi connectivity index (χ3v) is 23.1. The van der Waals surface area contributed by atoms with E-state index in [4.69, 9.17) is 0 Å². The van der Waals surface area contributed by atoms with Gasteiger partial charge in [-0.25, -0.2) is 0 Å². The second-order valence-electron chi connectivity index (χ2n) is 29.2. The summed E-state index contributed by atoms with van der Waals surface area (Å²) in [4.78, 5) is 2.55. The summed E-state index contributed by atoms with van der Waals surface area (Å²) < 4.78 is 0. The van der Waals surface area contributed by atoms with Crippen molar-refractivity contribution in [2.45, 2.75) is 139 Å². The Kier molecular flexibility index (Phi) is 21.5. The first-order chi connectivity index (χ1) is 47.6. The zero-order valence-electron chi connectivity index (χ0n) is 58.2. The van der Waals surface area contributed by atoms with Crippen LogP contribution < -0.4 is 0 Å². The van der Waals surface area contributed by atoms with Gasteiger partial charge in [0.05, 0.1) is 0 Å². The lowest BCUT2D eigenvalue weighted by atomic mass is 9.47. The molecule has 0 saturated heterocycles. The average molecular weight is 1280 g/mol. The Hall–Kier alpha value is -8.75. The molecule has 0 radical (unpaired) electrons. The van der Waals surface area contributed by atoms with Crippen LogP contribution in [0.15, 0.2) is 313 Å². The third-order valence-electron chi connectivity index (χ3n) is 22.0. The van der Waals surface area contributed by atoms with Crippen LogP contribution >= 0.6 is 11.8 Å². The van der Waals surface area contributed by atoms with E-state index in [1.54, 1.807) is 30.4 Å². The van der Waals surface area contributed by atoms with Crippen molar-refractivity contribution in [3.63, 3.8) is 0 Å². The number of hydrogen-bond donors (Lipinski definition) is 0. The smallest absolute Gasteiger partial charge is 0.0201 e. The number of fused-ring (bicyclic) bond motifs is 1. The standard InChI is InChI=1S/C25H20.C23H26.C22H16S.C17H22.C7H8.C2H6/c1-19-12-14-22(15-13-19)25-17-23(20-8-4-2-5-9-20)16-24(18-25)21-10-6-3-7-11-21;1-16-6-8-20(9-7-16)21-4-2-3-5-22(21)23-13-17-10-18(14-23)12-19(11-17)15-23;1-2-11-18(12-3-1)23-22-16-7-6-14-21(22)20-15-8-10-17-9-4-5-13-19(17)20;1-12-3-2-4-16(5-12)17-9-13-6-14(10-17)8-15(7-13)11-17;1-7-5-3-2-4-6-7;1-2/h2-18H,1H3;2-9,17-19H,10-15H2,1H3;1-16H;2-5,13-15H,6-11H2,1H3;2-6H,1H3;1-2H3. The zero-order valence-corrected chi connectivity index (χ0v) is 59.0. The summed E-state index contributed by atoms with van der Waals surface area (Å²) in [5.41, 5.74) is 22.7. The molecule has 0 aromatic heterocycles. The van der Waals surface area contributed by atoms with E-state index in [0.29, 0.717) is 10.8 Å². The largest absolute Gasteiger partial charge is 0.0895 e. The van der Waals surface area contributed by atoms with Crippen molar-refractivity contribution in [3.8, 4) is 55.6 Å². The van der Waals surface area contributed by atoms with Crippen molar-refractivity contribution < 1.29 is 0 Å². The Morgan fingerprint density at radius 2 is 0.639 bits per heavy atom. The molecule has 0 heterocycles. The summed E-state index contributed by atoms with van der Waals surface area (Å²) in [5, 5.41) is 2.58. The minimum atomic E-state index is 0.482. The normalized spacial score (nSPS) is 21.8. The molecule has 8 saturated carbocycles. The van der Waals surface area contributed by atoms with Gasteiger partial charge in [-0.05, 0) is 265 Å². The molecule has 12 aromatic rings. The van der Waals surface area contributed by atoms with Crippen LogP contribution in [0.25, 0.3) is 66.4 Å². The van der Waals surface area contributed by atoms with E-state index < -0.39 is 0 Å². The van der Waals surface area contributed by atoms with Gasteiger partial charge in [-0.1, -0.05) is 315 Å². The lowest BCUT2D eigenvalue weighted by Gasteiger charge is -2.57. The van der Waals surface area contributed by atoms with Crippen molar-refractivity contribution in [2.24, 2.45) is 35.5 Å². The van der Waals surface area contributed by atoms with Crippen molar-refractivity contribution >= 4 is 22.5 Å². The quantitative estimate of drug-likeness (QED) is 0.139. The van der Waals surface area contributed by atoms with E-state index >= 15 is 0 Å². The molecule has 8 aliphatic carbocycles. The van der Waals surface area contributed by atoms with Crippen LogP contribution in [0.3, 0.4) is 0 Å². The molecule has 0 nitrogen and oxygen atoms in total. The highest BCUT2D eigenvalue weighted by molar-refractivity contribution is 7.99. The summed E-state index contributed by atoms with van der Waals surface area (Å²) in [5.74, 6) is 6.19. The van der Waals surface area contributed by atoms with Gasteiger partial charge < -0.3 is 0 Å². The third kappa shape index (κ3) is 16.1. The van der Waals surface area contributed by atoms with Crippen LogP contribution in [0.5, 0.6) is 0 Å². The van der Waals surface area contributed by atoms with Crippen molar-refractivity contribution in [1.82, 2.24) is 0 Å². The molecule has 0 atom stereocenters. The molecule has 97 heavy (non-hydrogen) atoms. The van der Waals surface area contributed by atoms with Crippen LogP contribution in [-0.4, -0.2) is 0 Å². The number of benzene rings is 12. The van der Waals surface area contributed by atoms with E-state index in [9.17, 15) is 0 Å². The van der Waals surface area contributed by atoms with Gasteiger partial charge in [0.25, 0.3) is 0 Å². The molecule has 8 fully saturated rings. The van der Waals surface area contributed by atoms with Crippen LogP contribution in [0, 0.1) is 63.2 Å². The van der Waals surface area contributed by atoms with E-state index in [1.807, 2.05) is 43.8 Å². The Morgan fingerprint density at radius 3 is 1.14 bits per heavy atom. The Labute approximate surface area is 585 Å². The van der Waals surface area contributed by atoms with Gasteiger partial charge in [0.1, 0.15) is 0 Å².